The first-order chi connectivity index (χ1) is 8.53. The van der Waals surface area contributed by atoms with Crippen molar-refractivity contribution in [2.24, 2.45) is 11.8 Å². The lowest BCUT2D eigenvalue weighted by Gasteiger charge is -2.33. The van der Waals surface area contributed by atoms with Gasteiger partial charge in [0.15, 0.2) is 5.79 Å². The SMILES string of the molecule is CCOC(=O)[C@H]1CCCC[C@H]1[C@H]1COC(C)(C)O1. The molecule has 0 aromatic heterocycles. The first-order valence-corrected chi connectivity index (χ1v) is 7.02. The summed E-state index contributed by atoms with van der Waals surface area (Å²) in [5.74, 6) is -0.335. The van der Waals surface area contributed by atoms with Crippen molar-refractivity contribution in [3.63, 3.8) is 0 Å². The highest BCUT2D eigenvalue weighted by atomic mass is 16.7. The molecule has 1 heterocycles. The molecule has 0 N–H and O–H groups in total. The smallest absolute Gasteiger partial charge is 0.309 e. The maximum Gasteiger partial charge on any atom is 0.309 e. The summed E-state index contributed by atoms with van der Waals surface area (Å²) in [6.07, 6.45) is 4.27. The van der Waals surface area contributed by atoms with E-state index < -0.39 is 5.79 Å². The quantitative estimate of drug-likeness (QED) is 0.728. The fourth-order valence-electron chi connectivity index (χ4n) is 3.07. The summed E-state index contributed by atoms with van der Waals surface area (Å²) in [4.78, 5) is 12.0. The fraction of sp³-hybridized carbons (Fsp3) is 0.929. The number of carbonyl (C=O) groups excluding carboxylic acids is 1. The van der Waals surface area contributed by atoms with E-state index in [1.54, 1.807) is 0 Å². The van der Waals surface area contributed by atoms with Gasteiger partial charge in [-0.05, 0) is 33.6 Å². The van der Waals surface area contributed by atoms with Gasteiger partial charge in [0.25, 0.3) is 0 Å². The van der Waals surface area contributed by atoms with Crippen molar-refractivity contribution in [1.29, 1.82) is 0 Å². The van der Waals surface area contributed by atoms with Crippen molar-refractivity contribution in [1.82, 2.24) is 0 Å². The molecule has 2 aliphatic rings. The molecule has 0 aromatic rings. The molecule has 0 unspecified atom stereocenters. The number of esters is 1. The third-order valence-corrected chi connectivity index (χ3v) is 3.92. The Labute approximate surface area is 109 Å². The summed E-state index contributed by atoms with van der Waals surface area (Å²) in [5, 5.41) is 0. The van der Waals surface area contributed by atoms with Gasteiger partial charge in [0.1, 0.15) is 0 Å². The first-order valence-electron chi connectivity index (χ1n) is 7.02. The van der Waals surface area contributed by atoms with Gasteiger partial charge in [-0.1, -0.05) is 12.8 Å². The molecule has 2 rings (SSSR count). The molecule has 1 aliphatic heterocycles. The highest BCUT2D eigenvalue weighted by Gasteiger charge is 2.43. The molecule has 0 spiro atoms. The van der Waals surface area contributed by atoms with Crippen LogP contribution < -0.4 is 0 Å². The van der Waals surface area contributed by atoms with Crippen molar-refractivity contribution >= 4 is 5.97 Å². The Hall–Kier alpha value is -0.610. The summed E-state index contributed by atoms with van der Waals surface area (Å²) in [7, 11) is 0. The van der Waals surface area contributed by atoms with E-state index in [1.807, 2.05) is 20.8 Å². The summed E-state index contributed by atoms with van der Waals surface area (Å²) in [5.41, 5.74) is 0. The average molecular weight is 256 g/mol. The van der Waals surface area contributed by atoms with Crippen LogP contribution in [0.2, 0.25) is 0 Å². The molecule has 4 heteroatoms. The highest BCUT2D eigenvalue weighted by Crippen LogP contribution is 2.38. The molecule has 1 saturated carbocycles. The molecule has 18 heavy (non-hydrogen) atoms. The van der Waals surface area contributed by atoms with Gasteiger partial charge < -0.3 is 14.2 Å². The second-order valence-corrected chi connectivity index (χ2v) is 5.67. The number of carbonyl (C=O) groups is 1. The molecular formula is C14H24O4. The predicted octanol–water partition coefficient (Wildman–Crippen LogP) is 2.51. The molecule has 0 radical (unpaired) electrons. The van der Waals surface area contributed by atoms with Crippen LogP contribution in [0.5, 0.6) is 0 Å². The molecule has 1 saturated heterocycles. The van der Waals surface area contributed by atoms with E-state index in [2.05, 4.69) is 0 Å². The van der Waals surface area contributed by atoms with E-state index in [0.717, 1.165) is 19.3 Å². The summed E-state index contributed by atoms with van der Waals surface area (Å²) in [6.45, 7) is 6.75. The third-order valence-electron chi connectivity index (χ3n) is 3.92. The third kappa shape index (κ3) is 3.04. The minimum Gasteiger partial charge on any atom is -0.466 e. The Morgan fingerprint density at radius 1 is 1.33 bits per heavy atom. The van der Waals surface area contributed by atoms with Crippen LogP contribution in [0.25, 0.3) is 0 Å². The van der Waals surface area contributed by atoms with Crippen molar-refractivity contribution in [3.05, 3.63) is 0 Å². The van der Waals surface area contributed by atoms with Crippen LogP contribution in [-0.4, -0.2) is 31.1 Å². The monoisotopic (exact) mass is 256 g/mol. The summed E-state index contributed by atoms with van der Waals surface area (Å²) < 4.78 is 16.7. The maximum atomic E-state index is 12.0. The lowest BCUT2D eigenvalue weighted by atomic mass is 9.76. The molecule has 4 nitrogen and oxygen atoms in total. The van der Waals surface area contributed by atoms with Gasteiger partial charge in [-0.15, -0.1) is 0 Å². The Kier molecular flexibility index (Phi) is 4.28. The van der Waals surface area contributed by atoms with Crippen molar-refractivity contribution < 1.29 is 19.0 Å². The van der Waals surface area contributed by atoms with E-state index in [4.69, 9.17) is 14.2 Å². The molecule has 0 bridgehead atoms. The second-order valence-electron chi connectivity index (χ2n) is 5.67. The lowest BCUT2D eigenvalue weighted by Crippen LogP contribution is -2.38. The zero-order valence-corrected chi connectivity index (χ0v) is 11.6. The standard InChI is InChI=1S/C14H24O4/c1-4-16-13(15)11-8-6-5-7-10(11)12-9-17-14(2,3)18-12/h10-12H,4-9H2,1-3H3/t10-,11+,12-/m1/s1. The van der Waals surface area contributed by atoms with Gasteiger partial charge in [-0.3, -0.25) is 4.79 Å². The Bertz CT molecular complexity index is 300. The van der Waals surface area contributed by atoms with E-state index in [1.165, 1.54) is 6.42 Å². The topological polar surface area (TPSA) is 44.8 Å². The van der Waals surface area contributed by atoms with Gasteiger partial charge >= 0.3 is 5.97 Å². The zero-order valence-electron chi connectivity index (χ0n) is 11.6. The Balaban J connectivity index is 2.02. The van der Waals surface area contributed by atoms with Gasteiger partial charge in [0, 0.05) is 5.92 Å². The minimum absolute atomic E-state index is 0.0128. The number of rotatable bonds is 3. The Morgan fingerprint density at radius 3 is 2.67 bits per heavy atom. The molecule has 0 amide bonds. The van der Waals surface area contributed by atoms with Crippen LogP contribution in [0.4, 0.5) is 0 Å². The maximum absolute atomic E-state index is 12.0. The van der Waals surface area contributed by atoms with Crippen LogP contribution in [0, 0.1) is 11.8 Å². The first kappa shape index (κ1) is 13.8. The second kappa shape index (κ2) is 5.57. The predicted molar refractivity (Wildman–Crippen MR) is 67.0 cm³/mol. The number of ether oxygens (including phenoxy) is 3. The minimum atomic E-state index is -0.513. The van der Waals surface area contributed by atoms with Crippen LogP contribution >= 0.6 is 0 Å². The van der Waals surface area contributed by atoms with E-state index in [-0.39, 0.29) is 23.9 Å². The molecule has 0 aromatic carbocycles. The molecule has 3 atom stereocenters. The number of hydrogen-bond donors (Lipinski definition) is 0. The van der Waals surface area contributed by atoms with E-state index in [9.17, 15) is 4.79 Å². The molecule has 104 valence electrons. The van der Waals surface area contributed by atoms with Gasteiger partial charge in [0.2, 0.25) is 0 Å². The summed E-state index contributed by atoms with van der Waals surface area (Å²) in [6, 6.07) is 0. The number of hydrogen-bond acceptors (Lipinski definition) is 4. The largest absolute Gasteiger partial charge is 0.466 e. The average Bonchev–Trinajstić information content (AvgIpc) is 2.70. The van der Waals surface area contributed by atoms with Crippen molar-refractivity contribution in [2.75, 3.05) is 13.2 Å². The molecular weight excluding hydrogens is 232 g/mol. The van der Waals surface area contributed by atoms with Crippen LogP contribution in [0.3, 0.4) is 0 Å². The normalized spacial score (nSPS) is 35.4. The highest BCUT2D eigenvalue weighted by molar-refractivity contribution is 5.73. The van der Waals surface area contributed by atoms with Crippen LogP contribution in [0.1, 0.15) is 46.5 Å². The van der Waals surface area contributed by atoms with Crippen LogP contribution in [-0.2, 0) is 19.0 Å². The van der Waals surface area contributed by atoms with Crippen molar-refractivity contribution in [3.8, 4) is 0 Å². The molecule has 1 aliphatic carbocycles. The summed E-state index contributed by atoms with van der Waals surface area (Å²) >= 11 is 0. The van der Waals surface area contributed by atoms with Gasteiger partial charge in [0.05, 0.1) is 25.2 Å². The zero-order chi connectivity index (χ0) is 13.2. The van der Waals surface area contributed by atoms with E-state index >= 15 is 0 Å². The fourth-order valence-corrected chi connectivity index (χ4v) is 3.07. The van der Waals surface area contributed by atoms with Gasteiger partial charge in [-0.2, -0.15) is 0 Å². The van der Waals surface area contributed by atoms with Gasteiger partial charge in [-0.25, -0.2) is 0 Å². The van der Waals surface area contributed by atoms with E-state index in [0.29, 0.717) is 13.2 Å². The van der Waals surface area contributed by atoms with Crippen molar-refractivity contribution in [2.45, 2.75) is 58.3 Å². The lowest BCUT2D eigenvalue weighted by molar-refractivity contribution is -0.163. The molecule has 2 fully saturated rings. The van der Waals surface area contributed by atoms with Crippen LogP contribution in [0.15, 0.2) is 0 Å². The Morgan fingerprint density at radius 2 is 2.06 bits per heavy atom.